The number of unbranched alkanes of at least 4 members (excludes halogenated alkanes) is 15. The quantitative estimate of drug-likeness (QED) is 0.0388. The van der Waals surface area contributed by atoms with E-state index < -0.39 is 0 Å². The van der Waals surface area contributed by atoms with Crippen LogP contribution in [0.15, 0.2) is 109 Å². The van der Waals surface area contributed by atoms with Crippen molar-refractivity contribution < 1.29 is 0 Å². The number of allylic oxidation sites excluding steroid dienone is 2. The van der Waals surface area contributed by atoms with E-state index in [1.165, 1.54) is 210 Å². The first-order chi connectivity index (χ1) is 36.3. The maximum absolute atomic E-state index is 2.74. The second-order valence-electron chi connectivity index (χ2n) is 25.0. The Kier molecular flexibility index (Phi) is 21.6. The van der Waals surface area contributed by atoms with Gasteiger partial charge in [0.15, 0.2) is 0 Å². The molecule has 75 heavy (non-hydrogen) atoms. The number of fused-ring (bicyclic) bond motifs is 3. The van der Waals surface area contributed by atoms with Crippen LogP contribution in [0.25, 0.3) is 27.8 Å². The summed E-state index contributed by atoms with van der Waals surface area (Å²) in [6.07, 6.45) is 36.2. The highest BCUT2D eigenvalue weighted by atomic mass is 15.2. The van der Waals surface area contributed by atoms with Crippen LogP contribution in [0.1, 0.15) is 276 Å². The van der Waals surface area contributed by atoms with Crippen LogP contribution in [-0.2, 0) is 22.7 Å². The third-order valence-corrected chi connectivity index (χ3v) is 19.3. The van der Waals surface area contributed by atoms with Crippen LogP contribution in [0.5, 0.6) is 0 Å². The molecule has 5 aromatic carbocycles. The highest BCUT2D eigenvalue weighted by molar-refractivity contribution is 5.85. The highest BCUT2D eigenvalue weighted by Crippen LogP contribution is 2.56. The van der Waals surface area contributed by atoms with Gasteiger partial charge in [0.25, 0.3) is 0 Å². The van der Waals surface area contributed by atoms with Crippen molar-refractivity contribution in [3.05, 3.63) is 148 Å². The van der Waals surface area contributed by atoms with Gasteiger partial charge in [-0.3, -0.25) is 0 Å². The summed E-state index contributed by atoms with van der Waals surface area (Å²) in [5.41, 5.74) is 20.6. The summed E-state index contributed by atoms with van der Waals surface area (Å²) >= 11 is 0. The van der Waals surface area contributed by atoms with Gasteiger partial charge in [0, 0.05) is 28.2 Å². The Morgan fingerprint density at radius 2 is 0.947 bits per heavy atom. The lowest BCUT2D eigenvalue weighted by molar-refractivity contribution is 0.397. The zero-order valence-corrected chi connectivity index (χ0v) is 49.9. The van der Waals surface area contributed by atoms with E-state index in [0.29, 0.717) is 12.0 Å². The molecule has 0 fully saturated rings. The van der Waals surface area contributed by atoms with Crippen LogP contribution in [0.3, 0.4) is 0 Å². The summed E-state index contributed by atoms with van der Waals surface area (Å²) in [5.74, 6) is 0.504. The molecule has 406 valence electrons. The summed E-state index contributed by atoms with van der Waals surface area (Å²) in [4.78, 5) is 2.58. The maximum atomic E-state index is 2.74. The van der Waals surface area contributed by atoms with Crippen molar-refractivity contribution in [1.29, 1.82) is 0 Å². The molecule has 0 bridgehead atoms. The minimum Gasteiger partial charge on any atom is -0.338 e. The molecular weight excluding hydrogens is 903 g/mol. The van der Waals surface area contributed by atoms with E-state index in [1.54, 1.807) is 22.3 Å². The molecule has 0 saturated carbocycles. The molecule has 1 atom stereocenters. The SMILES string of the molecule is CCCCCCCCc1cc(C(C)(C)c2ccc3c(c2)C(CCCCCCCC)(CCCCCCCC)c2cc(-c4ccc(N(c5ccc(C(C)(CC)CC)cc5)C(C)C(C)C)cc4)ccc2-3)ccc1C1=CCCC1. The lowest BCUT2D eigenvalue weighted by Gasteiger charge is -2.35. The minimum atomic E-state index is -0.129. The molecule has 1 heteroatoms. The second kappa shape index (κ2) is 27.8. The number of rotatable bonds is 32. The smallest absolute Gasteiger partial charge is 0.0413 e. The topological polar surface area (TPSA) is 3.24 Å². The highest BCUT2D eigenvalue weighted by Gasteiger charge is 2.43. The maximum Gasteiger partial charge on any atom is 0.0413 e. The summed E-state index contributed by atoms with van der Waals surface area (Å²) in [5, 5.41) is 0. The predicted molar refractivity (Wildman–Crippen MR) is 332 cm³/mol. The van der Waals surface area contributed by atoms with Gasteiger partial charge in [-0.15, -0.1) is 0 Å². The van der Waals surface area contributed by atoms with Crippen LogP contribution in [0, 0.1) is 5.92 Å². The van der Waals surface area contributed by atoms with Gasteiger partial charge in [0.2, 0.25) is 0 Å². The van der Waals surface area contributed by atoms with E-state index in [-0.39, 0.29) is 16.2 Å². The average molecular weight is 1010 g/mol. The van der Waals surface area contributed by atoms with Gasteiger partial charge >= 0.3 is 0 Å². The van der Waals surface area contributed by atoms with Crippen LogP contribution >= 0.6 is 0 Å². The molecule has 2 aliphatic rings. The van der Waals surface area contributed by atoms with Gasteiger partial charge < -0.3 is 4.90 Å². The first-order valence-corrected chi connectivity index (χ1v) is 31.5. The van der Waals surface area contributed by atoms with Gasteiger partial charge in [-0.1, -0.05) is 257 Å². The molecule has 0 amide bonds. The number of hydrogen-bond donors (Lipinski definition) is 0. The first-order valence-electron chi connectivity index (χ1n) is 31.5. The second-order valence-corrected chi connectivity index (χ2v) is 25.0. The lowest BCUT2D eigenvalue weighted by atomic mass is 9.68. The van der Waals surface area contributed by atoms with Crippen molar-refractivity contribution in [3.63, 3.8) is 0 Å². The normalized spacial score (nSPS) is 14.6. The van der Waals surface area contributed by atoms with Gasteiger partial charge in [0.05, 0.1) is 0 Å². The molecule has 0 heterocycles. The molecule has 0 aromatic heterocycles. The summed E-state index contributed by atoms with van der Waals surface area (Å²) in [7, 11) is 0. The third kappa shape index (κ3) is 13.9. The van der Waals surface area contributed by atoms with Crippen molar-refractivity contribution in [2.24, 2.45) is 5.92 Å². The van der Waals surface area contributed by atoms with Gasteiger partial charge in [-0.05, 0) is 173 Å². The fourth-order valence-corrected chi connectivity index (χ4v) is 13.2. The lowest BCUT2D eigenvalue weighted by Crippen LogP contribution is -2.32. The van der Waals surface area contributed by atoms with E-state index in [0.717, 1.165) is 12.8 Å². The Balaban J connectivity index is 1.27. The fraction of sp³-hybridized carbons (Fsp3) is 0.568. The number of benzene rings is 5. The largest absolute Gasteiger partial charge is 0.338 e. The van der Waals surface area contributed by atoms with Crippen LogP contribution < -0.4 is 4.90 Å². The first kappa shape index (κ1) is 58.3. The van der Waals surface area contributed by atoms with E-state index in [1.807, 2.05) is 0 Å². The molecule has 0 radical (unpaired) electrons. The fourth-order valence-electron chi connectivity index (χ4n) is 13.2. The third-order valence-electron chi connectivity index (χ3n) is 19.3. The van der Waals surface area contributed by atoms with Crippen LogP contribution in [0.4, 0.5) is 11.4 Å². The Labute approximate surface area is 461 Å². The van der Waals surface area contributed by atoms with Crippen molar-refractivity contribution in [2.45, 2.75) is 265 Å². The van der Waals surface area contributed by atoms with E-state index >= 15 is 0 Å². The number of anilines is 2. The monoisotopic (exact) mass is 1010 g/mol. The minimum absolute atomic E-state index is 0.00868. The Bertz CT molecular complexity index is 2530. The molecule has 1 nitrogen and oxygen atoms in total. The summed E-state index contributed by atoms with van der Waals surface area (Å²) in [6, 6.07) is 42.6. The summed E-state index contributed by atoms with van der Waals surface area (Å²) < 4.78 is 0. The molecule has 7 rings (SSSR count). The Hall–Kier alpha value is -4.36. The molecule has 0 N–H and O–H groups in total. The van der Waals surface area contributed by atoms with Crippen LogP contribution in [0.2, 0.25) is 0 Å². The summed E-state index contributed by atoms with van der Waals surface area (Å²) in [6.45, 7) is 26.3. The van der Waals surface area contributed by atoms with Gasteiger partial charge in [-0.2, -0.15) is 0 Å². The number of aryl methyl sites for hydroxylation is 1. The standard InChI is InChI=1S/C74H105N/c1-12-17-20-23-26-29-36-61-53-63(42-49-67(61)59-34-30-31-35-59)72(9,10)64-43-50-69-68-48-39-60(54-70(68)74(71(69)55-64,51-32-27-24-21-18-13-2)52-33-28-25-22-19-14-3)58-37-44-65(45-38-58)75(57(8)56(6)7)66-46-40-62(41-47-66)73(11,15-4)16-5/h34,37-50,53-57H,12-33,35-36,51-52H2,1-11H3. The molecule has 2 aliphatic carbocycles. The van der Waals surface area contributed by atoms with Crippen molar-refractivity contribution in [3.8, 4) is 22.3 Å². The predicted octanol–water partition coefficient (Wildman–Crippen LogP) is 23.2. The molecule has 0 spiro atoms. The molecular formula is C74H105N. The van der Waals surface area contributed by atoms with Crippen molar-refractivity contribution >= 4 is 16.9 Å². The van der Waals surface area contributed by atoms with Gasteiger partial charge in [-0.25, -0.2) is 0 Å². The van der Waals surface area contributed by atoms with Crippen LogP contribution in [-0.4, -0.2) is 6.04 Å². The van der Waals surface area contributed by atoms with Crippen molar-refractivity contribution in [2.75, 3.05) is 4.90 Å². The van der Waals surface area contributed by atoms with E-state index in [2.05, 4.69) is 190 Å². The zero-order chi connectivity index (χ0) is 53.4. The van der Waals surface area contributed by atoms with E-state index in [9.17, 15) is 0 Å². The average Bonchev–Trinajstić information content (AvgIpc) is 4.10. The Morgan fingerprint density at radius 3 is 1.48 bits per heavy atom. The zero-order valence-electron chi connectivity index (χ0n) is 49.9. The van der Waals surface area contributed by atoms with E-state index in [4.69, 9.17) is 0 Å². The number of hydrogen-bond acceptors (Lipinski definition) is 1. The molecule has 0 aliphatic heterocycles. The molecule has 5 aromatic rings. The molecule has 0 saturated heterocycles. The number of nitrogens with zero attached hydrogens (tertiary/aromatic N) is 1. The molecule has 1 unspecified atom stereocenters. The van der Waals surface area contributed by atoms with Crippen molar-refractivity contribution in [1.82, 2.24) is 0 Å². The Morgan fingerprint density at radius 1 is 0.480 bits per heavy atom. The van der Waals surface area contributed by atoms with Gasteiger partial charge in [0.1, 0.15) is 0 Å².